The molecule has 0 aromatic rings. The first-order valence-electron chi connectivity index (χ1n) is 8.36. The molecule has 0 radical (unpaired) electrons. The van der Waals surface area contributed by atoms with E-state index in [1.165, 1.54) is 39.2 Å². The molecule has 1 fully saturated rings. The molecule has 0 amide bonds. The van der Waals surface area contributed by atoms with Gasteiger partial charge in [0.25, 0.3) is 0 Å². The molecule has 5 nitrogen and oxygen atoms in total. The molecular formula is C15H32N2O3S. The van der Waals surface area contributed by atoms with E-state index in [1.807, 2.05) is 0 Å². The van der Waals surface area contributed by atoms with E-state index in [4.69, 9.17) is 10.6 Å². The third-order valence-corrected chi connectivity index (χ3v) is 5.97. The second-order valence-corrected chi connectivity index (χ2v) is 8.14. The van der Waals surface area contributed by atoms with Crippen LogP contribution in [0.3, 0.4) is 0 Å². The van der Waals surface area contributed by atoms with Gasteiger partial charge in [-0.1, -0.05) is 49.4 Å². The van der Waals surface area contributed by atoms with Crippen molar-refractivity contribution in [2.45, 2.75) is 64.2 Å². The normalized spacial score (nSPS) is 17.5. The van der Waals surface area contributed by atoms with Crippen LogP contribution in [0.1, 0.15) is 64.2 Å². The first-order chi connectivity index (χ1) is 10.1. The predicted octanol–water partition coefficient (Wildman–Crippen LogP) is 2.67. The Bertz CT molecular complexity index is 354. The Labute approximate surface area is 130 Å². The topological polar surface area (TPSA) is 72.6 Å². The second kappa shape index (κ2) is 10.5. The van der Waals surface area contributed by atoms with Crippen LogP contribution in [0, 0.1) is 5.92 Å². The quantitative estimate of drug-likeness (QED) is 0.469. The van der Waals surface area contributed by atoms with Gasteiger partial charge in [0.2, 0.25) is 10.0 Å². The molecule has 0 aromatic heterocycles. The lowest BCUT2D eigenvalue weighted by Crippen LogP contribution is -2.30. The van der Waals surface area contributed by atoms with E-state index in [1.54, 1.807) is 0 Å². The van der Waals surface area contributed by atoms with E-state index in [9.17, 15) is 8.42 Å². The molecule has 0 spiro atoms. The molecule has 6 heteroatoms. The Hall–Kier alpha value is -0.170. The standard InChI is InChI=1S/C15H32N2O3S/c1-17(20-13-11-15-9-5-4-6-10-15)21(18,19)14-8-3-2-7-12-16/h15H,2-14,16H2,1H3. The molecule has 1 saturated carbocycles. The van der Waals surface area contributed by atoms with Gasteiger partial charge in [-0.15, -0.1) is 0 Å². The van der Waals surface area contributed by atoms with E-state index in [0.717, 1.165) is 30.2 Å². The van der Waals surface area contributed by atoms with Crippen LogP contribution in [0.4, 0.5) is 0 Å². The molecule has 126 valence electrons. The molecule has 21 heavy (non-hydrogen) atoms. The van der Waals surface area contributed by atoms with Crippen molar-refractivity contribution < 1.29 is 13.3 Å². The maximum atomic E-state index is 12.0. The number of rotatable bonds is 11. The molecule has 2 N–H and O–H groups in total. The Morgan fingerprint density at radius 2 is 1.76 bits per heavy atom. The lowest BCUT2D eigenvalue weighted by Gasteiger charge is -2.23. The van der Waals surface area contributed by atoms with Crippen LogP contribution in [0.15, 0.2) is 0 Å². The summed E-state index contributed by atoms with van der Waals surface area (Å²) in [6.07, 6.45) is 11.0. The van der Waals surface area contributed by atoms with Crippen LogP contribution < -0.4 is 5.73 Å². The van der Waals surface area contributed by atoms with Gasteiger partial charge in [0.1, 0.15) is 0 Å². The summed E-state index contributed by atoms with van der Waals surface area (Å²) in [5, 5.41) is 0. The maximum Gasteiger partial charge on any atom is 0.235 e. The number of hydrogen-bond donors (Lipinski definition) is 1. The minimum absolute atomic E-state index is 0.164. The zero-order valence-electron chi connectivity index (χ0n) is 13.4. The first-order valence-corrected chi connectivity index (χ1v) is 9.97. The Kier molecular flexibility index (Phi) is 9.47. The minimum Gasteiger partial charge on any atom is -0.330 e. The van der Waals surface area contributed by atoms with Gasteiger partial charge in [0.15, 0.2) is 0 Å². The van der Waals surface area contributed by atoms with E-state index in [-0.39, 0.29) is 5.75 Å². The monoisotopic (exact) mass is 320 g/mol. The summed E-state index contributed by atoms with van der Waals surface area (Å²) in [6, 6.07) is 0. The van der Waals surface area contributed by atoms with Gasteiger partial charge in [-0.2, -0.15) is 0 Å². The Morgan fingerprint density at radius 1 is 1.10 bits per heavy atom. The average Bonchev–Trinajstić information content (AvgIpc) is 2.48. The van der Waals surface area contributed by atoms with Crippen molar-refractivity contribution in [3.63, 3.8) is 0 Å². The second-order valence-electron chi connectivity index (χ2n) is 6.05. The summed E-state index contributed by atoms with van der Waals surface area (Å²) in [6.45, 7) is 1.19. The molecule has 0 saturated heterocycles. The van der Waals surface area contributed by atoms with Gasteiger partial charge >= 0.3 is 0 Å². The maximum absolute atomic E-state index is 12.0. The predicted molar refractivity (Wildman–Crippen MR) is 86.2 cm³/mol. The fraction of sp³-hybridized carbons (Fsp3) is 1.00. The first kappa shape index (κ1) is 18.9. The molecule has 1 aliphatic rings. The summed E-state index contributed by atoms with van der Waals surface area (Å²) in [4.78, 5) is 5.41. The van der Waals surface area contributed by atoms with Crippen LogP contribution >= 0.6 is 0 Å². The molecule has 0 aliphatic heterocycles. The van der Waals surface area contributed by atoms with E-state index < -0.39 is 10.0 Å². The molecule has 1 aliphatic carbocycles. The fourth-order valence-corrected chi connectivity index (χ4v) is 3.88. The van der Waals surface area contributed by atoms with Crippen LogP contribution in [0.5, 0.6) is 0 Å². The average molecular weight is 320 g/mol. The highest BCUT2D eigenvalue weighted by Gasteiger charge is 2.19. The molecule has 0 heterocycles. The lowest BCUT2D eigenvalue weighted by molar-refractivity contribution is -0.0707. The van der Waals surface area contributed by atoms with Gasteiger partial charge in [0.05, 0.1) is 12.4 Å². The molecule has 0 unspecified atom stereocenters. The number of nitrogens with two attached hydrogens (primary N) is 1. The number of hydrogen-bond acceptors (Lipinski definition) is 4. The van der Waals surface area contributed by atoms with Crippen molar-refractivity contribution in [1.82, 2.24) is 4.47 Å². The van der Waals surface area contributed by atoms with Gasteiger partial charge in [0, 0.05) is 7.05 Å². The number of nitrogens with zero attached hydrogens (tertiary/aromatic N) is 1. The van der Waals surface area contributed by atoms with Gasteiger partial charge in [-0.05, 0) is 31.7 Å². The Morgan fingerprint density at radius 3 is 2.43 bits per heavy atom. The largest absolute Gasteiger partial charge is 0.330 e. The van der Waals surface area contributed by atoms with Crippen molar-refractivity contribution in [3.8, 4) is 0 Å². The molecule has 0 aromatic carbocycles. The van der Waals surface area contributed by atoms with Crippen molar-refractivity contribution in [2.75, 3.05) is 26.0 Å². The summed E-state index contributed by atoms with van der Waals surface area (Å²) in [5.41, 5.74) is 5.41. The van der Waals surface area contributed by atoms with Crippen LogP contribution in [0.25, 0.3) is 0 Å². The minimum atomic E-state index is -3.27. The highest BCUT2D eigenvalue weighted by Crippen LogP contribution is 2.26. The van der Waals surface area contributed by atoms with Crippen molar-refractivity contribution in [3.05, 3.63) is 0 Å². The summed E-state index contributed by atoms with van der Waals surface area (Å²) >= 11 is 0. The van der Waals surface area contributed by atoms with E-state index in [2.05, 4.69) is 0 Å². The molecule has 0 atom stereocenters. The summed E-state index contributed by atoms with van der Waals surface area (Å²) < 4.78 is 25.1. The third kappa shape index (κ3) is 8.14. The van der Waals surface area contributed by atoms with Crippen LogP contribution in [-0.2, 0) is 14.9 Å². The fourth-order valence-electron chi connectivity index (χ4n) is 2.81. The zero-order valence-corrected chi connectivity index (χ0v) is 14.2. The molecule has 0 bridgehead atoms. The molecule has 1 rings (SSSR count). The summed E-state index contributed by atoms with van der Waals surface area (Å²) in [7, 11) is -1.76. The number of sulfonamides is 1. The van der Waals surface area contributed by atoms with Crippen molar-refractivity contribution >= 4 is 10.0 Å². The number of hydroxylamine groups is 1. The summed E-state index contributed by atoms with van der Waals surface area (Å²) in [5.74, 6) is 0.878. The zero-order chi connectivity index (χ0) is 15.6. The SMILES string of the molecule is CN(OCCC1CCCCC1)S(=O)(=O)CCCCCCN. The smallest absolute Gasteiger partial charge is 0.235 e. The highest BCUT2D eigenvalue weighted by molar-refractivity contribution is 7.88. The third-order valence-electron chi connectivity index (χ3n) is 4.27. The van der Waals surface area contributed by atoms with Crippen molar-refractivity contribution in [1.29, 1.82) is 0 Å². The number of unbranched alkanes of at least 4 members (excludes halogenated alkanes) is 3. The van der Waals surface area contributed by atoms with Gasteiger partial charge in [-0.3, -0.25) is 4.84 Å². The van der Waals surface area contributed by atoms with Crippen LogP contribution in [-0.4, -0.2) is 38.8 Å². The van der Waals surface area contributed by atoms with Gasteiger partial charge in [-0.25, -0.2) is 8.42 Å². The Balaban J connectivity index is 2.14. The lowest BCUT2D eigenvalue weighted by atomic mass is 9.87. The van der Waals surface area contributed by atoms with Gasteiger partial charge < -0.3 is 5.73 Å². The van der Waals surface area contributed by atoms with E-state index >= 15 is 0 Å². The van der Waals surface area contributed by atoms with Crippen LogP contribution in [0.2, 0.25) is 0 Å². The van der Waals surface area contributed by atoms with Crippen molar-refractivity contribution in [2.24, 2.45) is 11.7 Å². The highest BCUT2D eigenvalue weighted by atomic mass is 32.2. The molecular weight excluding hydrogens is 288 g/mol. The van der Waals surface area contributed by atoms with E-state index in [0.29, 0.717) is 25.5 Å².